The predicted octanol–water partition coefficient (Wildman–Crippen LogP) is 6.43. The zero-order valence-electron chi connectivity index (χ0n) is 22.8. The highest BCUT2D eigenvalue weighted by Crippen LogP contribution is 2.46. The number of ether oxygens (including phenoxy) is 3. The van der Waals surface area contributed by atoms with Crippen molar-refractivity contribution < 1.29 is 28.9 Å². The van der Waals surface area contributed by atoms with Crippen LogP contribution in [0.1, 0.15) is 43.0 Å². The lowest BCUT2D eigenvalue weighted by molar-refractivity contribution is -0.132. The summed E-state index contributed by atoms with van der Waals surface area (Å²) >= 11 is 1.32. The molecule has 1 atom stereocenters. The van der Waals surface area contributed by atoms with Crippen LogP contribution in [0.3, 0.4) is 0 Å². The number of ketones is 1. The molecule has 1 amide bonds. The molecule has 40 heavy (non-hydrogen) atoms. The third-order valence-corrected chi connectivity index (χ3v) is 7.60. The van der Waals surface area contributed by atoms with Crippen LogP contribution in [-0.4, -0.2) is 42.1 Å². The fraction of sp³-hybridized carbons (Fsp3) is 0.258. The summed E-state index contributed by atoms with van der Waals surface area (Å²) in [6, 6.07) is 16.9. The summed E-state index contributed by atoms with van der Waals surface area (Å²) in [5, 5.41) is 11.8. The number of hydrogen-bond acceptors (Lipinski definition) is 8. The first-order valence-corrected chi connectivity index (χ1v) is 13.9. The van der Waals surface area contributed by atoms with Gasteiger partial charge in [0.05, 0.1) is 42.2 Å². The van der Waals surface area contributed by atoms with E-state index in [9.17, 15) is 14.7 Å². The molecule has 1 aliphatic rings. The molecular weight excluding hydrogens is 528 g/mol. The number of methoxy groups -OCH3 is 1. The minimum atomic E-state index is -0.942. The number of Topliss-reactive ketones (excluding diaryl/α,β-unsaturated/α-hetero) is 1. The Labute approximate surface area is 236 Å². The predicted molar refractivity (Wildman–Crippen MR) is 156 cm³/mol. The summed E-state index contributed by atoms with van der Waals surface area (Å²) in [7, 11) is 1.52. The third kappa shape index (κ3) is 5.00. The number of carbonyl (C=O) groups excluding carboxylic acids is 2. The number of nitrogens with zero attached hydrogens (tertiary/aromatic N) is 2. The summed E-state index contributed by atoms with van der Waals surface area (Å²) in [5.41, 5.74) is 2.71. The van der Waals surface area contributed by atoms with Crippen molar-refractivity contribution in [1.82, 2.24) is 4.98 Å². The number of aryl methyl sites for hydroxylation is 1. The lowest BCUT2D eigenvalue weighted by Crippen LogP contribution is -2.29. The second kappa shape index (κ2) is 11.4. The molecule has 0 spiro atoms. The maximum Gasteiger partial charge on any atom is 0.301 e. The van der Waals surface area contributed by atoms with Gasteiger partial charge >= 0.3 is 5.91 Å². The van der Waals surface area contributed by atoms with Crippen molar-refractivity contribution in [2.75, 3.05) is 25.2 Å². The van der Waals surface area contributed by atoms with Crippen LogP contribution in [0.5, 0.6) is 17.2 Å². The molecular formula is C31H30N2O6S. The highest BCUT2D eigenvalue weighted by Gasteiger charge is 2.48. The molecule has 2 heterocycles. The summed E-state index contributed by atoms with van der Waals surface area (Å²) < 4.78 is 17.8. The van der Waals surface area contributed by atoms with E-state index in [1.54, 1.807) is 42.5 Å². The molecule has 4 aromatic rings. The van der Waals surface area contributed by atoms with Crippen LogP contribution in [0.4, 0.5) is 5.13 Å². The Hall–Kier alpha value is -4.37. The van der Waals surface area contributed by atoms with E-state index in [1.165, 1.54) is 23.3 Å². The van der Waals surface area contributed by atoms with Gasteiger partial charge in [-0.1, -0.05) is 30.4 Å². The summed E-state index contributed by atoms with van der Waals surface area (Å²) in [6.07, 6.45) is 0.863. The summed E-state index contributed by atoms with van der Waals surface area (Å²) in [4.78, 5) is 33.2. The van der Waals surface area contributed by atoms with Gasteiger partial charge in [0.25, 0.3) is 5.78 Å². The van der Waals surface area contributed by atoms with Crippen LogP contribution >= 0.6 is 11.3 Å². The smallest absolute Gasteiger partial charge is 0.301 e. The van der Waals surface area contributed by atoms with Crippen LogP contribution in [0, 0.1) is 6.92 Å². The van der Waals surface area contributed by atoms with E-state index in [1.807, 2.05) is 39.0 Å². The molecule has 9 heteroatoms. The van der Waals surface area contributed by atoms with E-state index in [4.69, 9.17) is 14.2 Å². The molecule has 206 valence electrons. The Morgan fingerprint density at radius 3 is 2.48 bits per heavy atom. The highest BCUT2D eigenvalue weighted by atomic mass is 32.1. The molecule has 1 aliphatic heterocycles. The van der Waals surface area contributed by atoms with Gasteiger partial charge in [-0.05, 0) is 79.9 Å². The van der Waals surface area contributed by atoms with E-state index in [-0.39, 0.29) is 11.3 Å². The number of benzene rings is 3. The number of thiazole rings is 1. The van der Waals surface area contributed by atoms with Crippen LogP contribution in [0.2, 0.25) is 0 Å². The number of amides is 1. The van der Waals surface area contributed by atoms with Gasteiger partial charge in [0.2, 0.25) is 0 Å². The van der Waals surface area contributed by atoms with Gasteiger partial charge in [-0.25, -0.2) is 4.98 Å². The number of aliphatic hydroxyl groups excluding tert-OH is 1. The maximum atomic E-state index is 13.6. The van der Waals surface area contributed by atoms with Crippen LogP contribution in [0.25, 0.3) is 16.0 Å². The number of anilines is 1. The van der Waals surface area contributed by atoms with E-state index >= 15 is 0 Å². The van der Waals surface area contributed by atoms with Crippen molar-refractivity contribution in [3.8, 4) is 17.2 Å². The van der Waals surface area contributed by atoms with Gasteiger partial charge < -0.3 is 19.3 Å². The van der Waals surface area contributed by atoms with E-state index in [0.29, 0.717) is 46.7 Å². The van der Waals surface area contributed by atoms with E-state index in [2.05, 4.69) is 4.98 Å². The molecule has 1 N–H and O–H groups in total. The Morgan fingerprint density at radius 1 is 1.00 bits per heavy atom. The van der Waals surface area contributed by atoms with Crippen molar-refractivity contribution in [2.24, 2.45) is 0 Å². The first kappa shape index (κ1) is 27.2. The van der Waals surface area contributed by atoms with Crippen molar-refractivity contribution in [1.29, 1.82) is 0 Å². The summed E-state index contributed by atoms with van der Waals surface area (Å²) in [5.74, 6) is -0.213. The molecule has 0 saturated carbocycles. The Morgan fingerprint density at radius 2 is 1.77 bits per heavy atom. The molecule has 5 rings (SSSR count). The fourth-order valence-electron chi connectivity index (χ4n) is 4.68. The lowest BCUT2D eigenvalue weighted by Gasteiger charge is -2.24. The van der Waals surface area contributed by atoms with Crippen molar-refractivity contribution >= 4 is 44.1 Å². The quantitative estimate of drug-likeness (QED) is 0.144. The number of fused-ring (bicyclic) bond motifs is 1. The molecule has 8 nitrogen and oxygen atoms in total. The molecule has 1 aromatic heterocycles. The first-order chi connectivity index (χ1) is 19.4. The third-order valence-electron chi connectivity index (χ3n) is 6.59. The topological polar surface area (TPSA) is 98.2 Å². The Kier molecular flexibility index (Phi) is 7.75. The Bertz CT molecular complexity index is 1610. The fourth-order valence-corrected chi connectivity index (χ4v) is 5.77. The molecule has 1 fully saturated rings. The molecule has 0 bridgehead atoms. The minimum absolute atomic E-state index is 0.0334. The van der Waals surface area contributed by atoms with Gasteiger partial charge in [-0.3, -0.25) is 14.5 Å². The van der Waals surface area contributed by atoms with E-state index < -0.39 is 17.7 Å². The Balaban J connectivity index is 1.67. The second-order valence-corrected chi connectivity index (χ2v) is 10.4. The number of hydrogen-bond donors (Lipinski definition) is 1. The van der Waals surface area contributed by atoms with Crippen molar-refractivity contribution in [3.05, 3.63) is 82.9 Å². The van der Waals surface area contributed by atoms with Gasteiger partial charge in [-0.15, -0.1) is 0 Å². The van der Waals surface area contributed by atoms with Crippen molar-refractivity contribution in [2.45, 2.75) is 33.2 Å². The average Bonchev–Trinajstić information content (AvgIpc) is 3.49. The largest absolute Gasteiger partial charge is 0.507 e. The first-order valence-electron chi connectivity index (χ1n) is 13.1. The monoisotopic (exact) mass is 558 g/mol. The normalized spacial score (nSPS) is 16.5. The zero-order valence-corrected chi connectivity index (χ0v) is 23.6. The summed E-state index contributed by atoms with van der Waals surface area (Å²) in [6.45, 7) is 6.88. The molecule has 3 aromatic carbocycles. The SMILES string of the molecule is CCCOc1ccc(/C(O)=C2\C(=O)C(=O)N(c3nc4ccc(C)cc4s3)C2c2ccc(OCC)c(OC)c2)cc1. The van der Waals surface area contributed by atoms with Gasteiger partial charge in [0.15, 0.2) is 16.6 Å². The molecule has 1 unspecified atom stereocenters. The molecule has 0 radical (unpaired) electrons. The number of aliphatic hydroxyl groups is 1. The minimum Gasteiger partial charge on any atom is -0.507 e. The van der Waals surface area contributed by atoms with Crippen LogP contribution in [-0.2, 0) is 9.59 Å². The number of rotatable bonds is 9. The second-order valence-electron chi connectivity index (χ2n) is 9.35. The van der Waals surface area contributed by atoms with Gasteiger partial charge in [0, 0.05) is 5.56 Å². The van der Waals surface area contributed by atoms with Crippen molar-refractivity contribution in [3.63, 3.8) is 0 Å². The van der Waals surface area contributed by atoms with Crippen LogP contribution < -0.4 is 19.1 Å². The lowest BCUT2D eigenvalue weighted by atomic mass is 9.95. The molecule has 0 aliphatic carbocycles. The van der Waals surface area contributed by atoms with E-state index in [0.717, 1.165) is 22.2 Å². The van der Waals surface area contributed by atoms with Crippen LogP contribution in [0.15, 0.2) is 66.2 Å². The number of carbonyl (C=O) groups is 2. The standard InChI is InChI=1S/C31H30N2O6S/c1-5-15-39-21-11-8-19(9-12-21)28(34)26-27(20-10-14-23(38-6-2)24(17-20)37-4)33(30(36)29(26)35)31-32-22-13-7-18(3)16-25(22)40-31/h7-14,16-17,27,34H,5-6,15H2,1-4H3/b28-26+. The van der Waals surface area contributed by atoms with Gasteiger partial charge in [-0.2, -0.15) is 0 Å². The average molecular weight is 559 g/mol. The highest BCUT2D eigenvalue weighted by molar-refractivity contribution is 7.22. The number of aromatic nitrogens is 1. The molecule has 1 saturated heterocycles. The zero-order chi connectivity index (χ0) is 28.4. The maximum absolute atomic E-state index is 13.6. The van der Waals surface area contributed by atoms with Gasteiger partial charge in [0.1, 0.15) is 11.5 Å².